The second kappa shape index (κ2) is 146. The van der Waals surface area contributed by atoms with E-state index in [4.69, 9.17) is 58.8 Å². The van der Waals surface area contributed by atoms with Crippen LogP contribution >= 0.6 is 47.8 Å². The van der Waals surface area contributed by atoms with Gasteiger partial charge in [0.25, 0.3) is 0 Å². The first-order chi connectivity index (χ1) is 72.2. The lowest BCUT2D eigenvalue weighted by atomic mass is 9.92. The molecule has 7 N–H and O–H groups in total. The molecule has 148 heavy (non-hydrogen) atoms. The van der Waals surface area contributed by atoms with E-state index in [1.165, 1.54) is 398 Å². The molecule has 0 aliphatic carbocycles. The molecule has 23 heteroatoms. The van der Waals surface area contributed by atoms with Gasteiger partial charge in [0, 0.05) is 74.3 Å². The number of unbranched alkanes of at least 4 members (excludes halogenated alkanes) is 68. The topological polar surface area (TPSA) is 316 Å². The highest BCUT2D eigenvalue weighted by Gasteiger charge is 2.18. The molecular weight excluding hydrogens is 2060 g/mol. The standard InChI is InChI=1S/C45H88O5.C27H55NO3.2C17H33BrO2.C11H24O.C6H11BrO2.C2H2O4/c1-4-7-10-13-16-17-18-24-32-41-49-44(47)37-31-25-27-34-42(39-40-46)33-26-20-19-23-30-38-45(48)50-43(35-28-21-14-11-8-5-2)36-29-22-15-12-9-6-3;1-3-5-7-9-12-16-20-26(21-17-13-10-8-6-4-2)31-27(30)22-18-14-11-15-19-23-28-24-25-29;2*1-2-3-4-5-6-7-8-9-13-16-20-17(19)14-11-10-12-15-18;1-2-3-4-5-6-7-8-9-10-11-12;7-5-3-1-2-4-6(8)9;3-1(4)2(5)6/h42-43,46H,4-41H2,1-3H3;26,28-29H,3-25H2,1-2H3;2*2-16H2,1H3;12H,2-11H2,1H3;1-5H2,(H,8,9);(H,3,4)(H,5,6). The minimum absolute atomic E-state index is 0.0147. The Labute approximate surface area is 939 Å². The summed E-state index contributed by atoms with van der Waals surface area (Å²) in [5, 5.41) is 56.1. The maximum atomic E-state index is 12.7. The SMILES string of the molecule is CCCCCCCCC(CCCCCCCC)OC(=O)CCCCCCCNCCO.CCCCCCCCCCCO.CCCCCCCCCCCOC(=O)CCCCCBr.CCCCCCCCCCCOC(=O)CCCCCBr.CCCCCCCCCCCOC(=O)CCCCCC(CCO)CCCCCCCC(=O)OC(CCCCCCCC)CCCCCCCC.O=C(O)C(=O)O.O=C(O)CCCCCBr. The van der Waals surface area contributed by atoms with Crippen LogP contribution in [0.3, 0.4) is 0 Å². The summed E-state index contributed by atoms with van der Waals surface area (Å²) in [5.41, 5.74) is 0. The van der Waals surface area contributed by atoms with Crippen LogP contribution in [0.15, 0.2) is 0 Å². The van der Waals surface area contributed by atoms with Crippen molar-refractivity contribution >= 4 is 95.5 Å². The second-order valence-corrected chi connectivity index (χ2v) is 44.3. The summed E-state index contributed by atoms with van der Waals surface area (Å²) in [5.74, 6) is -3.80. The first-order valence-corrected chi connectivity index (χ1v) is 66.4. The number of carbonyl (C=O) groups is 8. The molecule has 0 rings (SSSR count). The first kappa shape index (κ1) is 158. The molecule has 0 bridgehead atoms. The molecule has 0 aromatic carbocycles. The average molecular weight is 2310 g/mol. The number of alkyl halides is 3. The molecule has 0 aromatic rings. The number of aliphatic carboxylic acids is 3. The van der Waals surface area contributed by atoms with Gasteiger partial charge in [-0.3, -0.25) is 28.8 Å². The highest BCUT2D eigenvalue weighted by molar-refractivity contribution is 9.09. The van der Waals surface area contributed by atoms with Gasteiger partial charge < -0.3 is 59.6 Å². The molecule has 0 amide bonds. The van der Waals surface area contributed by atoms with Gasteiger partial charge in [0.2, 0.25) is 0 Å². The number of carbonyl (C=O) groups excluding carboxylic acids is 5. The van der Waals surface area contributed by atoms with Crippen molar-refractivity contribution in [2.75, 3.05) is 68.7 Å². The molecule has 0 fully saturated rings. The summed E-state index contributed by atoms with van der Waals surface area (Å²) in [7, 11) is 0. The molecule has 0 saturated carbocycles. The third-order valence-corrected chi connectivity index (χ3v) is 28.9. The van der Waals surface area contributed by atoms with Gasteiger partial charge in [-0.2, -0.15) is 0 Å². The number of halogens is 3. The predicted octanol–water partition coefficient (Wildman–Crippen LogP) is 38.2. The molecule has 1 atom stereocenters. The number of carboxylic acid groups (broad SMARTS) is 3. The highest BCUT2D eigenvalue weighted by Crippen LogP contribution is 2.26. The third-order valence-electron chi connectivity index (χ3n) is 27.2. The van der Waals surface area contributed by atoms with E-state index in [2.05, 4.69) is 108 Å². The zero-order valence-corrected chi connectivity index (χ0v) is 103. The lowest BCUT2D eigenvalue weighted by Gasteiger charge is -2.18. The maximum absolute atomic E-state index is 12.7. The quantitative estimate of drug-likeness (QED) is 0.00978. The van der Waals surface area contributed by atoms with Crippen molar-refractivity contribution in [2.45, 2.75) is 678 Å². The van der Waals surface area contributed by atoms with Gasteiger partial charge in [0.15, 0.2) is 0 Å². The minimum Gasteiger partial charge on any atom is -0.481 e. The van der Waals surface area contributed by atoms with Crippen LogP contribution in [-0.2, 0) is 62.0 Å². The molecular formula is C125H246Br3NO19. The van der Waals surface area contributed by atoms with Crippen molar-refractivity contribution in [2.24, 2.45) is 5.92 Å². The highest BCUT2D eigenvalue weighted by atomic mass is 79.9. The van der Waals surface area contributed by atoms with E-state index >= 15 is 0 Å². The second-order valence-electron chi connectivity index (χ2n) is 41.9. The van der Waals surface area contributed by atoms with Crippen molar-refractivity contribution in [1.82, 2.24) is 5.32 Å². The van der Waals surface area contributed by atoms with E-state index in [1.807, 2.05) is 0 Å². The lowest BCUT2D eigenvalue weighted by molar-refractivity contribution is -0.159. The number of carboxylic acids is 3. The van der Waals surface area contributed by atoms with Crippen LogP contribution in [0.25, 0.3) is 0 Å². The Morgan fingerprint density at radius 2 is 0.405 bits per heavy atom. The molecule has 20 nitrogen and oxygen atoms in total. The molecule has 0 spiro atoms. The van der Waals surface area contributed by atoms with Crippen molar-refractivity contribution in [3.8, 4) is 0 Å². The molecule has 0 radical (unpaired) electrons. The largest absolute Gasteiger partial charge is 0.481 e. The van der Waals surface area contributed by atoms with Gasteiger partial charge in [-0.05, 0) is 160 Å². The van der Waals surface area contributed by atoms with Gasteiger partial charge in [-0.15, -0.1) is 0 Å². The van der Waals surface area contributed by atoms with Gasteiger partial charge in [-0.25, -0.2) is 9.59 Å². The fourth-order valence-electron chi connectivity index (χ4n) is 17.7. The van der Waals surface area contributed by atoms with Crippen molar-refractivity contribution in [1.29, 1.82) is 0 Å². The lowest BCUT2D eigenvalue weighted by Crippen LogP contribution is -2.19. The van der Waals surface area contributed by atoms with Crippen molar-refractivity contribution in [3.63, 3.8) is 0 Å². The molecule has 0 aromatic heterocycles. The van der Waals surface area contributed by atoms with Gasteiger partial charge in [-0.1, -0.05) is 527 Å². The Bertz CT molecular complexity index is 2480. The van der Waals surface area contributed by atoms with Gasteiger partial charge >= 0.3 is 47.8 Å². The van der Waals surface area contributed by atoms with E-state index in [1.54, 1.807) is 0 Å². The molecule has 0 aliphatic rings. The number of aliphatic hydroxyl groups excluding tert-OH is 3. The smallest absolute Gasteiger partial charge is 0.414 e. The Morgan fingerprint density at radius 3 is 0.635 bits per heavy atom. The normalized spacial score (nSPS) is 11.1. The number of hydrogen-bond donors (Lipinski definition) is 7. The number of aliphatic hydroxyl groups is 3. The Kier molecular flexibility index (Phi) is 156. The summed E-state index contributed by atoms with van der Waals surface area (Å²) in [6, 6.07) is 0. The predicted molar refractivity (Wildman–Crippen MR) is 639 cm³/mol. The van der Waals surface area contributed by atoms with Crippen LogP contribution < -0.4 is 5.32 Å². The van der Waals surface area contributed by atoms with Gasteiger partial charge in [0.05, 0.1) is 26.4 Å². The summed E-state index contributed by atoms with van der Waals surface area (Å²) < 4.78 is 27.8. The number of nitrogens with one attached hydrogen (secondary N) is 1. The Morgan fingerprint density at radius 1 is 0.203 bits per heavy atom. The van der Waals surface area contributed by atoms with Crippen LogP contribution in [0, 0.1) is 5.92 Å². The zero-order valence-electron chi connectivity index (χ0n) is 98.3. The minimum atomic E-state index is -1.82. The van der Waals surface area contributed by atoms with Crippen LogP contribution in [0.1, 0.15) is 665 Å². The van der Waals surface area contributed by atoms with Crippen LogP contribution in [-0.4, -0.2) is 159 Å². The molecule has 0 saturated heterocycles. The van der Waals surface area contributed by atoms with Crippen LogP contribution in [0.5, 0.6) is 0 Å². The fraction of sp³-hybridized carbons (Fsp3) is 0.936. The molecule has 1 unspecified atom stereocenters. The van der Waals surface area contributed by atoms with E-state index in [9.17, 15) is 33.9 Å². The Hall–Kier alpha value is -2.96. The summed E-state index contributed by atoms with van der Waals surface area (Å²) in [6.45, 7) is 22.4. The average Bonchev–Trinajstić information content (AvgIpc) is 0.964. The number of hydrogen-bond acceptors (Lipinski definition) is 17. The Balaban J connectivity index is -0.000000346. The number of esters is 5. The van der Waals surface area contributed by atoms with E-state index in [-0.39, 0.29) is 55.3 Å². The summed E-state index contributed by atoms with van der Waals surface area (Å²) >= 11 is 10.0. The molecule has 0 aliphatic heterocycles. The molecule has 0 heterocycles. The summed E-state index contributed by atoms with van der Waals surface area (Å²) in [6.07, 6.45) is 112. The van der Waals surface area contributed by atoms with Gasteiger partial charge in [0.1, 0.15) is 12.2 Å². The summed E-state index contributed by atoms with van der Waals surface area (Å²) in [4.78, 5) is 88.1. The fourth-order valence-corrected chi connectivity index (χ4v) is 18.9. The molecule has 886 valence electrons. The maximum Gasteiger partial charge on any atom is 0.414 e. The van der Waals surface area contributed by atoms with Crippen molar-refractivity contribution in [3.05, 3.63) is 0 Å². The first-order valence-electron chi connectivity index (χ1n) is 63.0. The van der Waals surface area contributed by atoms with E-state index < -0.39 is 17.9 Å². The van der Waals surface area contributed by atoms with Crippen LogP contribution in [0.2, 0.25) is 0 Å². The van der Waals surface area contributed by atoms with Crippen LogP contribution in [0.4, 0.5) is 0 Å². The number of ether oxygens (including phenoxy) is 5. The number of rotatable bonds is 110. The monoisotopic (exact) mass is 2300 g/mol. The van der Waals surface area contributed by atoms with Crippen molar-refractivity contribution < 1.29 is 92.7 Å². The zero-order chi connectivity index (χ0) is 111. The van der Waals surface area contributed by atoms with E-state index in [0.29, 0.717) is 77.4 Å². The van der Waals surface area contributed by atoms with E-state index in [0.717, 1.165) is 196 Å². The third kappa shape index (κ3) is 156.